The van der Waals surface area contributed by atoms with E-state index in [9.17, 15) is 14.4 Å². The van der Waals surface area contributed by atoms with E-state index in [1.807, 2.05) is 13.8 Å². The fraction of sp³-hybridized carbons (Fsp3) is 0.308. The van der Waals surface area contributed by atoms with Crippen molar-refractivity contribution in [3.8, 4) is 0 Å². The highest BCUT2D eigenvalue weighted by Gasteiger charge is 2.27. The molecule has 0 fully saturated rings. The van der Waals surface area contributed by atoms with Gasteiger partial charge < -0.3 is 11.1 Å². The molecule has 0 saturated heterocycles. The second kappa shape index (κ2) is 4.81. The molecule has 1 aliphatic rings. The summed E-state index contributed by atoms with van der Waals surface area (Å²) in [6.45, 7) is 3.69. The highest BCUT2D eigenvalue weighted by Crippen LogP contribution is 2.20. The smallest absolute Gasteiger partial charge is 0.259 e. The van der Waals surface area contributed by atoms with Gasteiger partial charge in [-0.25, -0.2) is 0 Å². The predicted molar refractivity (Wildman–Crippen MR) is 69.7 cm³/mol. The number of carbonyl (C=O) groups is 3. The summed E-state index contributed by atoms with van der Waals surface area (Å²) in [7, 11) is 0. The first-order valence-corrected chi connectivity index (χ1v) is 5.96. The van der Waals surface area contributed by atoms with Crippen molar-refractivity contribution in [1.29, 1.82) is 0 Å². The molecule has 1 heterocycles. The van der Waals surface area contributed by atoms with Gasteiger partial charge in [-0.05, 0) is 24.1 Å². The zero-order chi connectivity index (χ0) is 14.2. The Morgan fingerprint density at radius 1 is 1.21 bits per heavy atom. The second-order valence-corrected chi connectivity index (χ2v) is 4.80. The Labute approximate surface area is 110 Å². The summed E-state index contributed by atoms with van der Waals surface area (Å²) < 4.78 is 0. The third-order valence-electron chi connectivity index (χ3n) is 3.02. The van der Waals surface area contributed by atoms with Gasteiger partial charge in [-0.15, -0.1) is 0 Å². The van der Waals surface area contributed by atoms with Gasteiger partial charge in [-0.1, -0.05) is 13.8 Å². The Hall–Kier alpha value is -2.21. The quantitative estimate of drug-likeness (QED) is 0.689. The van der Waals surface area contributed by atoms with Crippen molar-refractivity contribution in [2.75, 3.05) is 5.32 Å². The standard InChI is InChI=1S/C13H15N3O3/c1-6(2)10(14)13(19)15-7-3-4-8-9(5-7)12(18)16-11(8)17/h3-6,10H,14H2,1-2H3,(H,15,19)(H,16,17,18)/t10-/m0/s1. The lowest BCUT2D eigenvalue weighted by Crippen LogP contribution is -2.39. The van der Waals surface area contributed by atoms with Crippen LogP contribution in [0.2, 0.25) is 0 Å². The van der Waals surface area contributed by atoms with Crippen LogP contribution in [0.4, 0.5) is 5.69 Å². The van der Waals surface area contributed by atoms with E-state index < -0.39 is 17.9 Å². The molecular formula is C13H15N3O3. The maximum absolute atomic E-state index is 11.8. The molecule has 0 aliphatic carbocycles. The normalized spacial score (nSPS) is 15.2. The SMILES string of the molecule is CC(C)[C@H](N)C(=O)Nc1ccc2c(c1)C(=O)NC2=O. The zero-order valence-electron chi connectivity index (χ0n) is 10.7. The van der Waals surface area contributed by atoms with Gasteiger partial charge in [0.15, 0.2) is 0 Å². The molecule has 3 amide bonds. The van der Waals surface area contributed by atoms with Crippen molar-refractivity contribution in [3.63, 3.8) is 0 Å². The minimum atomic E-state index is -0.622. The summed E-state index contributed by atoms with van der Waals surface area (Å²) in [5.41, 5.74) is 6.75. The Balaban J connectivity index is 2.20. The molecular weight excluding hydrogens is 246 g/mol. The number of hydrogen-bond donors (Lipinski definition) is 3. The molecule has 0 aromatic heterocycles. The van der Waals surface area contributed by atoms with Crippen LogP contribution in [0.5, 0.6) is 0 Å². The molecule has 0 bridgehead atoms. The molecule has 1 aromatic carbocycles. The Morgan fingerprint density at radius 3 is 2.47 bits per heavy atom. The number of carbonyl (C=O) groups excluding carboxylic acids is 3. The third kappa shape index (κ3) is 2.48. The van der Waals surface area contributed by atoms with Gasteiger partial charge in [-0.3, -0.25) is 19.7 Å². The van der Waals surface area contributed by atoms with Crippen molar-refractivity contribution < 1.29 is 14.4 Å². The number of nitrogens with two attached hydrogens (primary N) is 1. The molecule has 1 atom stereocenters. The number of amides is 3. The average Bonchev–Trinajstić information content (AvgIpc) is 2.63. The van der Waals surface area contributed by atoms with Crippen LogP contribution in [0.25, 0.3) is 0 Å². The number of rotatable bonds is 3. The van der Waals surface area contributed by atoms with E-state index >= 15 is 0 Å². The molecule has 2 rings (SSSR count). The van der Waals surface area contributed by atoms with Crippen LogP contribution >= 0.6 is 0 Å². The molecule has 6 heteroatoms. The lowest BCUT2D eigenvalue weighted by atomic mass is 10.0. The number of imide groups is 1. The highest BCUT2D eigenvalue weighted by molar-refractivity contribution is 6.22. The van der Waals surface area contributed by atoms with E-state index in [1.54, 1.807) is 6.07 Å². The Kier molecular flexibility index (Phi) is 3.35. The van der Waals surface area contributed by atoms with Crippen LogP contribution in [0, 0.1) is 5.92 Å². The second-order valence-electron chi connectivity index (χ2n) is 4.80. The number of nitrogens with one attached hydrogen (secondary N) is 2. The van der Waals surface area contributed by atoms with Crippen molar-refractivity contribution in [3.05, 3.63) is 29.3 Å². The van der Waals surface area contributed by atoms with E-state index in [-0.39, 0.29) is 17.4 Å². The molecule has 1 aliphatic heterocycles. The van der Waals surface area contributed by atoms with Crippen LogP contribution in [0.1, 0.15) is 34.6 Å². The molecule has 6 nitrogen and oxygen atoms in total. The minimum Gasteiger partial charge on any atom is -0.325 e. The van der Waals surface area contributed by atoms with Crippen LogP contribution in [0.3, 0.4) is 0 Å². The van der Waals surface area contributed by atoms with E-state index in [4.69, 9.17) is 5.73 Å². The van der Waals surface area contributed by atoms with Gasteiger partial charge in [0, 0.05) is 5.69 Å². The van der Waals surface area contributed by atoms with Gasteiger partial charge in [0.05, 0.1) is 17.2 Å². The largest absolute Gasteiger partial charge is 0.325 e. The molecule has 4 N–H and O–H groups in total. The van der Waals surface area contributed by atoms with Crippen molar-refractivity contribution in [2.45, 2.75) is 19.9 Å². The first-order valence-electron chi connectivity index (χ1n) is 5.96. The van der Waals surface area contributed by atoms with Crippen LogP contribution in [0.15, 0.2) is 18.2 Å². The van der Waals surface area contributed by atoms with Gasteiger partial charge in [-0.2, -0.15) is 0 Å². The summed E-state index contributed by atoms with van der Waals surface area (Å²) in [5.74, 6) is -1.18. The first kappa shape index (κ1) is 13.2. The highest BCUT2D eigenvalue weighted by atomic mass is 16.2. The number of fused-ring (bicyclic) bond motifs is 1. The van der Waals surface area contributed by atoms with Gasteiger partial charge in [0.1, 0.15) is 0 Å². The summed E-state index contributed by atoms with van der Waals surface area (Å²) in [6, 6.07) is 3.93. The van der Waals surface area contributed by atoms with Gasteiger partial charge in [0.2, 0.25) is 5.91 Å². The summed E-state index contributed by atoms with van der Waals surface area (Å²) in [4.78, 5) is 34.7. The Bertz CT molecular complexity index is 566. The molecule has 0 spiro atoms. The zero-order valence-corrected chi connectivity index (χ0v) is 10.7. The summed E-state index contributed by atoms with van der Waals surface area (Å²) >= 11 is 0. The Morgan fingerprint density at radius 2 is 1.84 bits per heavy atom. The molecule has 0 saturated carbocycles. The fourth-order valence-corrected chi connectivity index (χ4v) is 1.77. The fourth-order valence-electron chi connectivity index (χ4n) is 1.77. The van der Waals surface area contributed by atoms with Crippen LogP contribution in [-0.2, 0) is 4.79 Å². The van der Waals surface area contributed by atoms with Crippen molar-refractivity contribution in [1.82, 2.24) is 5.32 Å². The minimum absolute atomic E-state index is 0.0132. The number of benzene rings is 1. The van der Waals surface area contributed by atoms with Gasteiger partial charge >= 0.3 is 0 Å². The van der Waals surface area contributed by atoms with Crippen LogP contribution < -0.4 is 16.4 Å². The topological polar surface area (TPSA) is 101 Å². The van der Waals surface area contributed by atoms with Crippen LogP contribution in [-0.4, -0.2) is 23.8 Å². The van der Waals surface area contributed by atoms with Gasteiger partial charge in [0.25, 0.3) is 11.8 Å². The monoisotopic (exact) mass is 261 g/mol. The predicted octanol–water partition coefficient (Wildman–Crippen LogP) is 0.492. The molecule has 1 aromatic rings. The number of hydrogen-bond acceptors (Lipinski definition) is 4. The average molecular weight is 261 g/mol. The van der Waals surface area contributed by atoms with Crippen molar-refractivity contribution in [2.24, 2.45) is 11.7 Å². The molecule has 0 radical (unpaired) electrons. The lowest BCUT2D eigenvalue weighted by Gasteiger charge is -2.15. The maximum Gasteiger partial charge on any atom is 0.259 e. The van der Waals surface area contributed by atoms with E-state index in [0.29, 0.717) is 11.3 Å². The summed E-state index contributed by atoms with van der Waals surface area (Å²) in [6.07, 6.45) is 0. The maximum atomic E-state index is 11.8. The summed E-state index contributed by atoms with van der Waals surface area (Å²) in [5, 5.41) is 4.82. The van der Waals surface area contributed by atoms with E-state index in [1.165, 1.54) is 12.1 Å². The van der Waals surface area contributed by atoms with E-state index in [2.05, 4.69) is 10.6 Å². The lowest BCUT2D eigenvalue weighted by molar-refractivity contribution is -0.118. The van der Waals surface area contributed by atoms with E-state index in [0.717, 1.165) is 0 Å². The molecule has 19 heavy (non-hydrogen) atoms. The first-order chi connectivity index (χ1) is 8.90. The number of anilines is 1. The molecule has 0 unspecified atom stereocenters. The van der Waals surface area contributed by atoms with Crippen molar-refractivity contribution >= 4 is 23.4 Å². The molecule has 100 valence electrons. The third-order valence-corrected chi connectivity index (χ3v) is 3.02.